The molecule has 6 aromatic rings. The first kappa shape index (κ1) is 13.7. The van der Waals surface area contributed by atoms with Crippen LogP contribution in [0.25, 0.3) is 49.3 Å². The minimum Gasteiger partial charge on any atom is -0.354 e. The van der Waals surface area contributed by atoms with E-state index in [1.807, 2.05) is 12.4 Å². The highest BCUT2D eigenvalue weighted by molar-refractivity contribution is 6.16. The summed E-state index contributed by atoms with van der Waals surface area (Å²) < 4.78 is 2.15. The predicted octanol–water partition coefficient (Wildman–Crippen LogP) is 5.81. The molecule has 2 heterocycles. The summed E-state index contributed by atoms with van der Waals surface area (Å²) in [7, 11) is 0. The molecule has 0 unspecified atom stereocenters. The molecule has 0 bridgehead atoms. The molecule has 0 saturated carbocycles. The quantitative estimate of drug-likeness (QED) is 0.404. The van der Waals surface area contributed by atoms with Crippen molar-refractivity contribution in [1.29, 1.82) is 0 Å². The van der Waals surface area contributed by atoms with Crippen molar-refractivity contribution in [2.45, 2.75) is 0 Å². The minimum atomic E-state index is 1.04. The Kier molecular flexibility index (Phi) is 2.61. The number of nitrogens with zero attached hydrogens (tertiary/aromatic N) is 2. The molecular formula is C23H15N3. The molecule has 26 heavy (non-hydrogen) atoms. The van der Waals surface area contributed by atoms with Crippen molar-refractivity contribution in [2.75, 3.05) is 0 Å². The van der Waals surface area contributed by atoms with Gasteiger partial charge in [0.15, 0.2) is 0 Å². The SMILES string of the molecule is c1ccc(-n2cnc3c4cc5c(cc4ccc32)[nH]c2ccccc25)cc1. The van der Waals surface area contributed by atoms with Crippen LogP contribution in [0, 0.1) is 0 Å². The van der Waals surface area contributed by atoms with Crippen molar-refractivity contribution in [3.63, 3.8) is 0 Å². The minimum absolute atomic E-state index is 1.04. The van der Waals surface area contributed by atoms with Crippen LogP contribution in [0.3, 0.4) is 0 Å². The number of hydrogen-bond acceptors (Lipinski definition) is 1. The van der Waals surface area contributed by atoms with Gasteiger partial charge in [0.25, 0.3) is 0 Å². The average molecular weight is 333 g/mol. The molecule has 122 valence electrons. The summed E-state index contributed by atoms with van der Waals surface area (Å²) in [6.07, 6.45) is 1.92. The van der Waals surface area contributed by atoms with Gasteiger partial charge in [-0.25, -0.2) is 4.98 Å². The van der Waals surface area contributed by atoms with E-state index in [1.165, 1.54) is 32.6 Å². The molecule has 0 spiro atoms. The molecule has 0 fully saturated rings. The van der Waals surface area contributed by atoms with E-state index in [0.29, 0.717) is 0 Å². The van der Waals surface area contributed by atoms with Gasteiger partial charge in [0.1, 0.15) is 6.33 Å². The van der Waals surface area contributed by atoms with Gasteiger partial charge in [-0.3, -0.25) is 4.57 Å². The molecule has 0 radical (unpaired) electrons. The summed E-state index contributed by atoms with van der Waals surface area (Å²) in [5, 5.41) is 4.89. The molecule has 0 aliphatic rings. The van der Waals surface area contributed by atoms with Gasteiger partial charge in [0.05, 0.1) is 11.0 Å². The van der Waals surface area contributed by atoms with Gasteiger partial charge in [-0.2, -0.15) is 0 Å². The first-order chi connectivity index (χ1) is 12.9. The lowest BCUT2D eigenvalue weighted by Gasteiger charge is -2.05. The first-order valence-electron chi connectivity index (χ1n) is 8.74. The number of fused-ring (bicyclic) bond motifs is 6. The number of para-hydroxylation sites is 2. The van der Waals surface area contributed by atoms with Gasteiger partial charge in [-0.05, 0) is 41.8 Å². The smallest absolute Gasteiger partial charge is 0.100 e. The number of hydrogen-bond donors (Lipinski definition) is 1. The number of nitrogens with one attached hydrogen (secondary N) is 1. The zero-order valence-electron chi connectivity index (χ0n) is 14.0. The molecule has 4 aromatic carbocycles. The second-order valence-corrected chi connectivity index (χ2v) is 6.67. The maximum Gasteiger partial charge on any atom is 0.100 e. The number of aromatic nitrogens is 3. The molecule has 0 atom stereocenters. The van der Waals surface area contributed by atoms with Crippen LogP contribution in [0.5, 0.6) is 0 Å². The van der Waals surface area contributed by atoms with Crippen LogP contribution in [-0.2, 0) is 0 Å². The monoisotopic (exact) mass is 333 g/mol. The zero-order valence-corrected chi connectivity index (χ0v) is 14.0. The highest BCUT2D eigenvalue weighted by atomic mass is 15.0. The predicted molar refractivity (Wildman–Crippen MR) is 108 cm³/mol. The topological polar surface area (TPSA) is 33.6 Å². The van der Waals surface area contributed by atoms with E-state index in [0.717, 1.165) is 16.7 Å². The molecule has 1 N–H and O–H groups in total. The molecule has 6 rings (SSSR count). The fourth-order valence-corrected chi connectivity index (χ4v) is 3.95. The van der Waals surface area contributed by atoms with Crippen molar-refractivity contribution < 1.29 is 0 Å². The van der Waals surface area contributed by atoms with Crippen LogP contribution < -0.4 is 0 Å². The Morgan fingerprint density at radius 1 is 0.692 bits per heavy atom. The average Bonchev–Trinajstić information content (AvgIpc) is 3.28. The second-order valence-electron chi connectivity index (χ2n) is 6.67. The van der Waals surface area contributed by atoms with Gasteiger partial charge in [-0.15, -0.1) is 0 Å². The van der Waals surface area contributed by atoms with Gasteiger partial charge in [0, 0.05) is 32.9 Å². The molecule has 3 nitrogen and oxygen atoms in total. The van der Waals surface area contributed by atoms with E-state index in [-0.39, 0.29) is 0 Å². The lowest BCUT2D eigenvalue weighted by molar-refractivity contribution is 1.09. The molecule has 0 amide bonds. The fourth-order valence-electron chi connectivity index (χ4n) is 3.95. The van der Waals surface area contributed by atoms with Crippen LogP contribution in [0.1, 0.15) is 0 Å². The molecular weight excluding hydrogens is 318 g/mol. The Balaban J connectivity index is 1.72. The Morgan fingerprint density at radius 3 is 2.46 bits per heavy atom. The van der Waals surface area contributed by atoms with Gasteiger partial charge in [0.2, 0.25) is 0 Å². The van der Waals surface area contributed by atoms with E-state index in [4.69, 9.17) is 4.98 Å². The summed E-state index contributed by atoms with van der Waals surface area (Å²) in [5.74, 6) is 0. The molecule has 0 aliphatic carbocycles. The number of benzene rings is 4. The van der Waals surface area contributed by atoms with Gasteiger partial charge >= 0.3 is 0 Å². The van der Waals surface area contributed by atoms with Gasteiger partial charge in [-0.1, -0.05) is 42.5 Å². The standard InChI is InChI=1S/C23H15N3/c1-2-6-16(7-3-1)26-14-24-23-18-13-19-17-8-4-5-9-20(17)25-21(19)12-15(18)10-11-22(23)26/h1-14,25H. The van der Waals surface area contributed by atoms with E-state index < -0.39 is 0 Å². The maximum absolute atomic E-state index is 4.75. The zero-order chi connectivity index (χ0) is 17.1. The molecule has 0 saturated heterocycles. The molecule has 2 aromatic heterocycles. The third-order valence-electron chi connectivity index (χ3n) is 5.19. The van der Waals surface area contributed by atoms with E-state index in [2.05, 4.69) is 82.3 Å². The third kappa shape index (κ3) is 1.80. The van der Waals surface area contributed by atoms with Crippen molar-refractivity contribution in [2.24, 2.45) is 0 Å². The second kappa shape index (κ2) is 4.96. The van der Waals surface area contributed by atoms with Crippen molar-refractivity contribution in [1.82, 2.24) is 14.5 Å². The number of rotatable bonds is 1. The highest BCUT2D eigenvalue weighted by Gasteiger charge is 2.11. The fraction of sp³-hybridized carbons (Fsp3) is 0. The first-order valence-corrected chi connectivity index (χ1v) is 8.74. The van der Waals surface area contributed by atoms with Crippen LogP contribution in [-0.4, -0.2) is 14.5 Å². The van der Waals surface area contributed by atoms with E-state index in [1.54, 1.807) is 0 Å². The lowest BCUT2D eigenvalue weighted by atomic mass is 10.0. The summed E-state index contributed by atoms with van der Waals surface area (Å²) >= 11 is 0. The van der Waals surface area contributed by atoms with Crippen LogP contribution in [0.4, 0.5) is 0 Å². The molecule has 3 heteroatoms. The molecule has 0 aliphatic heterocycles. The lowest BCUT2D eigenvalue weighted by Crippen LogP contribution is -1.90. The van der Waals surface area contributed by atoms with Gasteiger partial charge < -0.3 is 4.98 Å². The number of aromatic amines is 1. The summed E-state index contributed by atoms with van der Waals surface area (Å²) in [4.78, 5) is 8.27. The summed E-state index contributed by atoms with van der Waals surface area (Å²) in [6, 6.07) is 27.6. The largest absolute Gasteiger partial charge is 0.354 e. The number of H-pyrrole nitrogens is 1. The van der Waals surface area contributed by atoms with Crippen LogP contribution in [0.15, 0.2) is 85.2 Å². The summed E-state index contributed by atoms with van der Waals surface area (Å²) in [5.41, 5.74) is 5.63. The highest BCUT2D eigenvalue weighted by Crippen LogP contribution is 2.33. The number of imidazole rings is 1. The van der Waals surface area contributed by atoms with E-state index >= 15 is 0 Å². The van der Waals surface area contributed by atoms with E-state index in [9.17, 15) is 0 Å². The van der Waals surface area contributed by atoms with Crippen LogP contribution >= 0.6 is 0 Å². The van der Waals surface area contributed by atoms with Crippen LogP contribution in [0.2, 0.25) is 0 Å². The Bertz CT molecular complexity index is 1420. The van der Waals surface area contributed by atoms with Crippen molar-refractivity contribution in [3.05, 3.63) is 85.2 Å². The maximum atomic E-state index is 4.75. The Hall–Kier alpha value is -3.59. The Morgan fingerprint density at radius 2 is 1.54 bits per heavy atom. The Labute approximate surface area is 149 Å². The summed E-state index contributed by atoms with van der Waals surface area (Å²) in [6.45, 7) is 0. The van der Waals surface area contributed by atoms with Crippen molar-refractivity contribution in [3.8, 4) is 5.69 Å². The normalized spacial score (nSPS) is 11.8. The third-order valence-corrected chi connectivity index (χ3v) is 5.19. The van der Waals surface area contributed by atoms with Crippen molar-refractivity contribution >= 4 is 43.6 Å².